The molecule has 0 fully saturated rings. The number of nitrogens with zero attached hydrogens (tertiary/aromatic N) is 1. The first-order valence-electron chi connectivity index (χ1n) is 6.70. The Morgan fingerprint density at radius 2 is 2.20 bits per heavy atom. The number of hydrogen-bond donors (Lipinski definition) is 1. The smallest absolute Gasteiger partial charge is 0.150 e. The average Bonchev–Trinajstić information content (AvgIpc) is 2.80. The second-order valence-electron chi connectivity index (χ2n) is 5.58. The fourth-order valence-corrected chi connectivity index (χ4v) is 3.77. The van der Waals surface area contributed by atoms with E-state index in [0.29, 0.717) is 6.04 Å². The molecule has 0 aliphatic heterocycles. The summed E-state index contributed by atoms with van der Waals surface area (Å²) in [4.78, 5) is 4.56. The van der Waals surface area contributed by atoms with Gasteiger partial charge >= 0.3 is 0 Å². The van der Waals surface area contributed by atoms with Crippen molar-refractivity contribution < 1.29 is 4.74 Å². The number of fused-ring (bicyclic) bond motifs is 1. The number of anilines is 1. The Balaban J connectivity index is 2.09. The van der Waals surface area contributed by atoms with Crippen LogP contribution in [0.4, 0.5) is 5.69 Å². The number of thioether (sulfide) groups is 1. The lowest BCUT2D eigenvalue weighted by molar-refractivity contribution is 0.0128. The Morgan fingerprint density at radius 3 is 2.85 bits per heavy atom. The van der Waals surface area contributed by atoms with E-state index in [1.807, 2.05) is 0 Å². The lowest BCUT2D eigenvalue weighted by atomic mass is 10.00. The Kier molecular flexibility index (Phi) is 4.94. The van der Waals surface area contributed by atoms with Crippen molar-refractivity contribution >= 4 is 39.0 Å². The van der Waals surface area contributed by atoms with Crippen LogP contribution >= 0.6 is 23.1 Å². The van der Waals surface area contributed by atoms with Crippen LogP contribution in [0.25, 0.3) is 10.2 Å². The van der Waals surface area contributed by atoms with Gasteiger partial charge in [0, 0.05) is 18.8 Å². The zero-order valence-corrected chi connectivity index (χ0v) is 14.3. The molecule has 110 valence electrons. The fourth-order valence-electron chi connectivity index (χ4n) is 2.24. The highest BCUT2D eigenvalue weighted by molar-refractivity contribution is 8.00. The maximum absolute atomic E-state index is 5.48. The molecule has 3 nitrogen and oxygen atoms in total. The topological polar surface area (TPSA) is 34.1 Å². The third kappa shape index (κ3) is 3.87. The summed E-state index contributed by atoms with van der Waals surface area (Å²) in [6.45, 7) is 6.41. The van der Waals surface area contributed by atoms with Crippen LogP contribution in [0.2, 0.25) is 0 Å². The van der Waals surface area contributed by atoms with Crippen LogP contribution in [0.5, 0.6) is 0 Å². The molecule has 0 saturated heterocycles. The second-order valence-corrected chi connectivity index (χ2v) is 7.66. The number of ether oxygens (including phenoxy) is 1. The Bertz CT molecular complexity index is 580. The summed E-state index contributed by atoms with van der Waals surface area (Å²) < 4.78 is 7.83. The quantitative estimate of drug-likeness (QED) is 0.789. The molecule has 0 aliphatic rings. The summed E-state index contributed by atoms with van der Waals surface area (Å²) >= 11 is 3.44. The van der Waals surface area contributed by atoms with E-state index < -0.39 is 0 Å². The molecular formula is C15H22N2OS2. The summed E-state index contributed by atoms with van der Waals surface area (Å²) in [5.41, 5.74) is 2.12. The number of aromatic nitrogens is 1. The van der Waals surface area contributed by atoms with Gasteiger partial charge in [-0.25, -0.2) is 4.98 Å². The normalized spacial score (nSPS) is 13.7. The first-order chi connectivity index (χ1) is 9.43. The molecule has 0 saturated carbocycles. The van der Waals surface area contributed by atoms with Gasteiger partial charge in [-0.3, -0.25) is 0 Å². The van der Waals surface area contributed by atoms with Crippen molar-refractivity contribution in [2.75, 3.05) is 18.7 Å². The third-order valence-electron chi connectivity index (χ3n) is 3.31. The molecule has 1 unspecified atom stereocenters. The molecule has 0 spiro atoms. The molecule has 1 atom stereocenters. The minimum absolute atomic E-state index is 0.104. The second kappa shape index (κ2) is 6.33. The largest absolute Gasteiger partial charge is 0.382 e. The predicted octanol–water partition coefficient (Wildman–Crippen LogP) is 4.63. The van der Waals surface area contributed by atoms with Crippen LogP contribution in [0, 0.1) is 0 Å². The number of rotatable bonds is 6. The van der Waals surface area contributed by atoms with Crippen molar-refractivity contribution in [2.24, 2.45) is 0 Å². The van der Waals surface area contributed by atoms with E-state index >= 15 is 0 Å². The average molecular weight is 310 g/mol. The number of nitrogens with one attached hydrogen (secondary N) is 1. The Hall–Kier alpha value is -0.780. The highest BCUT2D eigenvalue weighted by Gasteiger charge is 2.20. The summed E-state index contributed by atoms with van der Waals surface area (Å²) in [7, 11) is 1.76. The molecule has 1 aromatic heterocycles. The molecule has 1 N–H and O–H groups in total. The van der Waals surface area contributed by atoms with E-state index in [1.54, 1.807) is 30.2 Å². The van der Waals surface area contributed by atoms with E-state index in [9.17, 15) is 0 Å². The minimum atomic E-state index is -0.104. The van der Waals surface area contributed by atoms with Gasteiger partial charge in [-0.05, 0) is 51.6 Å². The molecule has 0 bridgehead atoms. The van der Waals surface area contributed by atoms with Crippen LogP contribution in [-0.2, 0) is 4.74 Å². The third-order valence-corrected chi connectivity index (χ3v) is 5.31. The maximum atomic E-state index is 5.48. The zero-order valence-electron chi connectivity index (χ0n) is 12.7. The van der Waals surface area contributed by atoms with Gasteiger partial charge in [0.1, 0.15) is 0 Å². The summed E-state index contributed by atoms with van der Waals surface area (Å²) in [5, 5.41) is 3.54. The van der Waals surface area contributed by atoms with Gasteiger partial charge in [0.05, 0.1) is 15.8 Å². The molecule has 0 amide bonds. The van der Waals surface area contributed by atoms with Crippen LogP contribution < -0.4 is 5.32 Å². The van der Waals surface area contributed by atoms with Crippen molar-refractivity contribution in [3.63, 3.8) is 0 Å². The summed E-state index contributed by atoms with van der Waals surface area (Å²) in [6, 6.07) is 6.73. The van der Waals surface area contributed by atoms with Crippen molar-refractivity contribution in [1.82, 2.24) is 4.98 Å². The summed E-state index contributed by atoms with van der Waals surface area (Å²) in [5.74, 6) is 0. The van der Waals surface area contributed by atoms with E-state index in [0.717, 1.165) is 22.0 Å². The van der Waals surface area contributed by atoms with Crippen molar-refractivity contribution in [3.05, 3.63) is 18.2 Å². The first-order valence-corrected chi connectivity index (χ1v) is 8.74. The number of benzene rings is 1. The molecule has 2 rings (SSSR count). The molecule has 1 heterocycles. The molecule has 0 radical (unpaired) electrons. The van der Waals surface area contributed by atoms with E-state index in [4.69, 9.17) is 4.74 Å². The highest BCUT2D eigenvalue weighted by atomic mass is 32.2. The van der Waals surface area contributed by atoms with Crippen LogP contribution in [0.3, 0.4) is 0 Å². The highest BCUT2D eigenvalue weighted by Crippen LogP contribution is 2.30. The number of methoxy groups -OCH3 is 1. The fraction of sp³-hybridized carbons (Fsp3) is 0.533. The minimum Gasteiger partial charge on any atom is -0.382 e. The standard InChI is InChI=1S/C15H22N2OS2/c1-10(9-15(2,3)18-4)16-11-6-7-12-13(8-11)20-14(17-12)19-5/h6-8,10,16H,9H2,1-5H3. The number of hydrogen-bond acceptors (Lipinski definition) is 5. The predicted molar refractivity (Wildman–Crippen MR) is 90.2 cm³/mol. The van der Waals surface area contributed by atoms with E-state index in [1.165, 1.54) is 4.70 Å². The summed E-state index contributed by atoms with van der Waals surface area (Å²) in [6.07, 6.45) is 3.02. The Morgan fingerprint density at radius 1 is 1.45 bits per heavy atom. The molecule has 20 heavy (non-hydrogen) atoms. The number of thiazole rings is 1. The molecule has 5 heteroatoms. The SMILES string of the molecule is COC(C)(C)CC(C)Nc1ccc2nc(SC)sc2c1. The first kappa shape index (κ1) is 15.6. The van der Waals surface area contributed by atoms with Gasteiger partial charge in [0.2, 0.25) is 0 Å². The van der Waals surface area contributed by atoms with Crippen LogP contribution in [0.15, 0.2) is 22.5 Å². The molecule has 0 aliphatic carbocycles. The maximum Gasteiger partial charge on any atom is 0.150 e. The zero-order chi connectivity index (χ0) is 14.8. The van der Waals surface area contributed by atoms with Gasteiger partial charge in [-0.2, -0.15) is 0 Å². The Labute approximate surface area is 129 Å². The van der Waals surface area contributed by atoms with Gasteiger partial charge in [0.25, 0.3) is 0 Å². The lowest BCUT2D eigenvalue weighted by Gasteiger charge is -2.27. The monoisotopic (exact) mass is 310 g/mol. The van der Waals surface area contributed by atoms with Gasteiger partial charge in [-0.15, -0.1) is 11.3 Å². The molecule has 1 aromatic carbocycles. The van der Waals surface area contributed by atoms with Crippen LogP contribution in [-0.4, -0.2) is 30.0 Å². The van der Waals surface area contributed by atoms with Gasteiger partial charge in [0.15, 0.2) is 4.34 Å². The van der Waals surface area contributed by atoms with Crippen LogP contribution in [0.1, 0.15) is 27.2 Å². The molecule has 2 aromatic rings. The van der Waals surface area contributed by atoms with Gasteiger partial charge in [-0.1, -0.05) is 11.8 Å². The van der Waals surface area contributed by atoms with Gasteiger partial charge < -0.3 is 10.1 Å². The lowest BCUT2D eigenvalue weighted by Crippen LogP contribution is -2.31. The van der Waals surface area contributed by atoms with Crippen molar-refractivity contribution in [3.8, 4) is 0 Å². The van der Waals surface area contributed by atoms with E-state index in [-0.39, 0.29) is 5.60 Å². The van der Waals surface area contributed by atoms with Crippen molar-refractivity contribution in [2.45, 2.75) is 43.2 Å². The molecular weight excluding hydrogens is 288 g/mol. The van der Waals surface area contributed by atoms with E-state index in [2.05, 4.69) is 55.5 Å². The van der Waals surface area contributed by atoms with Crippen molar-refractivity contribution in [1.29, 1.82) is 0 Å².